The fourth-order valence-electron chi connectivity index (χ4n) is 4.39. The van der Waals surface area contributed by atoms with E-state index in [0.717, 1.165) is 16.5 Å². The van der Waals surface area contributed by atoms with Gasteiger partial charge in [0.15, 0.2) is 5.60 Å². The van der Waals surface area contributed by atoms with Crippen LogP contribution in [0.15, 0.2) is 41.2 Å². The summed E-state index contributed by atoms with van der Waals surface area (Å²) >= 11 is 0. The number of para-hydroxylation sites is 1. The highest BCUT2D eigenvalue weighted by Gasteiger charge is 2.45. The molecule has 1 unspecified atom stereocenters. The lowest BCUT2D eigenvalue weighted by Gasteiger charge is -2.31. The number of nitrogens with zero attached hydrogens (tertiary/aromatic N) is 2. The molecule has 0 amide bonds. The summed E-state index contributed by atoms with van der Waals surface area (Å²) in [5, 5.41) is 11.8. The predicted octanol–water partition coefficient (Wildman–Crippen LogP) is 2.27. The number of methoxy groups -OCH3 is 1. The third kappa shape index (κ3) is 2.80. The Hall–Kier alpha value is -3.78. The lowest BCUT2D eigenvalue weighted by molar-refractivity contribution is -0.172. The number of carbonyl (C=O) groups excluding carboxylic acids is 2. The van der Waals surface area contributed by atoms with Crippen molar-refractivity contribution < 1.29 is 24.2 Å². The van der Waals surface area contributed by atoms with Crippen LogP contribution in [-0.4, -0.2) is 33.7 Å². The zero-order chi connectivity index (χ0) is 22.6. The van der Waals surface area contributed by atoms with E-state index in [1.165, 1.54) is 13.2 Å². The number of benzene rings is 1. The van der Waals surface area contributed by atoms with Crippen molar-refractivity contribution in [2.24, 2.45) is 0 Å². The minimum Gasteiger partial charge on any atom is -0.466 e. The van der Waals surface area contributed by atoms with Crippen molar-refractivity contribution in [2.75, 3.05) is 7.11 Å². The third-order valence-electron chi connectivity index (χ3n) is 6.17. The zero-order valence-electron chi connectivity index (χ0n) is 17.5. The minimum absolute atomic E-state index is 0.0855. The Kier molecular flexibility index (Phi) is 4.49. The Balaban J connectivity index is 1.73. The van der Waals surface area contributed by atoms with Gasteiger partial charge in [-0.25, -0.2) is 14.6 Å². The first-order valence-corrected chi connectivity index (χ1v) is 10.2. The quantitative estimate of drug-likeness (QED) is 0.391. The number of ether oxygens (including phenoxy) is 2. The van der Waals surface area contributed by atoms with Crippen molar-refractivity contribution in [3.8, 4) is 11.4 Å². The topological polar surface area (TPSA) is 108 Å². The van der Waals surface area contributed by atoms with Gasteiger partial charge in [-0.2, -0.15) is 0 Å². The number of rotatable bonds is 3. The summed E-state index contributed by atoms with van der Waals surface area (Å²) in [5.74, 6) is -1.23. The number of carbonyl (C=O) groups is 2. The number of pyridine rings is 2. The van der Waals surface area contributed by atoms with Crippen LogP contribution in [0, 0.1) is 0 Å². The number of esters is 2. The van der Waals surface area contributed by atoms with Crippen LogP contribution < -0.4 is 5.56 Å². The average molecular weight is 432 g/mol. The Morgan fingerprint density at radius 2 is 2.16 bits per heavy atom. The molecular formula is C24H20N2O6. The molecule has 0 radical (unpaired) electrons. The summed E-state index contributed by atoms with van der Waals surface area (Å²) in [6.07, 6.45) is 3.04. The Bertz CT molecular complexity index is 1400. The van der Waals surface area contributed by atoms with Crippen molar-refractivity contribution in [1.82, 2.24) is 9.55 Å². The maximum Gasteiger partial charge on any atom is 0.343 e. The number of aliphatic hydroxyl groups is 1. The largest absolute Gasteiger partial charge is 0.466 e. The lowest BCUT2D eigenvalue weighted by Crippen LogP contribution is -2.44. The number of cyclic esters (lactones) is 1. The molecule has 1 atom stereocenters. The third-order valence-corrected chi connectivity index (χ3v) is 6.17. The maximum absolute atomic E-state index is 13.2. The Morgan fingerprint density at radius 3 is 2.91 bits per heavy atom. The fraction of sp³-hybridized carbons (Fsp3) is 0.250. The van der Waals surface area contributed by atoms with Gasteiger partial charge in [-0.3, -0.25) is 4.79 Å². The molecule has 5 rings (SSSR count). The molecule has 8 nitrogen and oxygen atoms in total. The molecule has 0 saturated carbocycles. The van der Waals surface area contributed by atoms with E-state index >= 15 is 0 Å². The molecule has 2 aliphatic rings. The van der Waals surface area contributed by atoms with Crippen LogP contribution in [-0.2, 0) is 37.8 Å². The standard InChI is InChI=1S/C24H20N2O6/c1-3-24(30)17-10-18-21-15(11-26(18)22(28)16(17)12-32-23(24)29)9-14-6-4-5-13(20(14)25-21)7-8-19(27)31-2/h4-10,30H,3,11-12H2,1-2H3/b8-7+. The van der Waals surface area contributed by atoms with E-state index in [4.69, 9.17) is 9.72 Å². The van der Waals surface area contributed by atoms with Crippen LogP contribution in [0.3, 0.4) is 0 Å². The number of fused-ring (bicyclic) bond motifs is 5. The smallest absolute Gasteiger partial charge is 0.343 e. The SMILES string of the molecule is CCC1(O)C(=O)OCc2c1cc1n(c2=O)Cc2cc3cccc(/C=C/C(=O)OC)c3nc2-1. The summed E-state index contributed by atoms with van der Waals surface area (Å²) < 4.78 is 11.4. The maximum atomic E-state index is 13.2. The predicted molar refractivity (Wildman–Crippen MR) is 116 cm³/mol. The van der Waals surface area contributed by atoms with Gasteiger partial charge in [0, 0.05) is 28.2 Å². The first-order chi connectivity index (χ1) is 15.4. The highest BCUT2D eigenvalue weighted by Crippen LogP contribution is 2.38. The van der Waals surface area contributed by atoms with E-state index in [1.807, 2.05) is 24.3 Å². The fourth-order valence-corrected chi connectivity index (χ4v) is 4.39. The molecule has 3 aromatic rings. The van der Waals surface area contributed by atoms with Crippen molar-refractivity contribution in [3.05, 3.63) is 69.0 Å². The molecule has 8 heteroatoms. The van der Waals surface area contributed by atoms with E-state index in [-0.39, 0.29) is 29.7 Å². The summed E-state index contributed by atoms with van der Waals surface area (Å²) in [6.45, 7) is 1.84. The van der Waals surface area contributed by atoms with Crippen LogP contribution in [0.2, 0.25) is 0 Å². The monoisotopic (exact) mass is 432 g/mol. The van der Waals surface area contributed by atoms with Gasteiger partial charge in [-0.15, -0.1) is 0 Å². The van der Waals surface area contributed by atoms with Gasteiger partial charge in [0.1, 0.15) is 6.61 Å². The molecule has 4 heterocycles. The van der Waals surface area contributed by atoms with Crippen LogP contribution in [0.1, 0.15) is 35.6 Å². The Morgan fingerprint density at radius 1 is 1.34 bits per heavy atom. The van der Waals surface area contributed by atoms with Crippen LogP contribution in [0.4, 0.5) is 0 Å². The number of hydrogen-bond acceptors (Lipinski definition) is 7. The normalized spacial score (nSPS) is 18.9. The lowest BCUT2D eigenvalue weighted by atomic mass is 9.86. The second-order valence-electron chi connectivity index (χ2n) is 7.87. The van der Waals surface area contributed by atoms with Gasteiger partial charge in [-0.05, 0) is 24.6 Å². The average Bonchev–Trinajstić information content (AvgIpc) is 3.16. The van der Waals surface area contributed by atoms with E-state index in [9.17, 15) is 19.5 Å². The van der Waals surface area contributed by atoms with E-state index < -0.39 is 17.5 Å². The summed E-state index contributed by atoms with van der Waals surface area (Å²) in [5.41, 5.74) is 1.79. The number of aromatic nitrogens is 2. The second-order valence-corrected chi connectivity index (χ2v) is 7.87. The molecule has 1 N–H and O–H groups in total. The van der Waals surface area contributed by atoms with Crippen molar-refractivity contribution >= 4 is 28.9 Å². The van der Waals surface area contributed by atoms with Crippen molar-refractivity contribution in [1.29, 1.82) is 0 Å². The van der Waals surface area contributed by atoms with Gasteiger partial charge < -0.3 is 19.1 Å². The van der Waals surface area contributed by atoms with Crippen LogP contribution in [0.25, 0.3) is 28.4 Å². The Labute approximate surface area is 182 Å². The van der Waals surface area contributed by atoms with E-state index in [2.05, 4.69) is 4.74 Å². The van der Waals surface area contributed by atoms with Gasteiger partial charge in [0.2, 0.25) is 0 Å². The van der Waals surface area contributed by atoms with Gasteiger partial charge in [0.05, 0.1) is 36.1 Å². The minimum atomic E-state index is -1.86. The number of hydrogen-bond donors (Lipinski definition) is 1. The van der Waals surface area contributed by atoms with Gasteiger partial charge in [0.25, 0.3) is 5.56 Å². The van der Waals surface area contributed by atoms with Gasteiger partial charge >= 0.3 is 11.9 Å². The molecular weight excluding hydrogens is 412 g/mol. The van der Waals surface area contributed by atoms with E-state index in [0.29, 0.717) is 23.4 Å². The molecule has 0 bridgehead atoms. The highest BCUT2D eigenvalue weighted by molar-refractivity contribution is 5.94. The van der Waals surface area contributed by atoms with Crippen molar-refractivity contribution in [3.63, 3.8) is 0 Å². The summed E-state index contributed by atoms with van der Waals surface area (Å²) in [6, 6.07) is 9.26. The molecule has 2 aliphatic heterocycles. The summed E-state index contributed by atoms with van der Waals surface area (Å²) in [7, 11) is 1.31. The van der Waals surface area contributed by atoms with Crippen LogP contribution in [0.5, 0.6) is 0 Å². The molecule has 2 aromatic heterocycles. The first kappa shape index (κ1) is 20.1. The molecule has 0 aliphatic carbocycles. The molecule has 0 saturated heterocycles. The molecule has 1 aromatic carbocycles. The molecule has 32 heavy (non-hydrogen) atoms. The summed E-state index contributed by atoms with van der Waals surface area (Å²) in [4.78, 5) is 41.9. The van der Waals surface area contributed by atoms with Crippen LogP contribution >= 0.6 is 0 Å². The zero-order valence-corrected chi connectivity index (χ0v) is 17.5. The molecule has 0 fully saturated rings. The molecule has 162 valence electrons. The first-order valence-electron chi connectivity index (χ1n) is 10.2. The van der Waals surface area contributed by atoms with Gasteiger partial charge in [-0.1, -0.05) is 25.1 Å². The van der Waals surface area contributed by atoms with Crippen molar-refractivity contribution in [2.45, 2.75) is 32.1 Å². The molecule has 0 spiro atoms. The van der Waals surface area contributed by atoms with E-state index in [1.54, 1.807) is 23.6 Å². The highest BCUT2D eigenvalue weighted by atomic mass is 16.6. The second kappa shape index (κ2) is 7.13.